The predicted molar refractivity (Wildman–Crippen MR) is 85.3 cm³/mol. The van der Waals surface area contributed by atoms with Crippen LogP contribution in [0.1, 0.15) is 35.2 Å². The van der Waals surface area contributed by atoms with Crippen LogP contribution in [0.2, 0.25) is 10.0 Å². The summed E-state index contributed by atoms with van der Waals surface area (Å²) in [5, 5.41) is 0.737. The van der Waals surface area contributed by atoms with Crippen LogP contribution in [-0.2, 0) is 4.79 Å². The minimum Gasteiger partial charge on any atom is -0.299 e. The van der Waals surface area contributed by atoms with E-state index in [9.17, 15) is 9.59 Å². The van der Waals surface area contributed by atoms with E-state index in [0.29, 0.717) is 15.6 Å². The molecule has 21 heavy (non-hydrogen) atoms. The van der Waals surface area contributed by atoms with E-state index in [1.807, 2.05) is 30.3 Å². The standard InChI is InChI=1S/C17H14Cl2O2/c1-11(20)14(12-5-3-2-4-6-12)10-17(21)13-7-8-15(18)16(19)9-13/h2-9,14H,10H2,1H3. The third-order valence-corrected chi connectivity index (χ3v) is 4.06. The van der Waals surface area contributed by atoms with Crippen LogP contribution < -0.4 is 0 Å². The first-order valence-corrected chi connectivity index (χ1v) is 7.28. The van der Waals surface area contributed by atoms with Gasteiger partial charge in [-0.1, -0.05) is 53.5 Å². The van der Waals surface area contributed by atoms with Crippen molar-refractivity contribution in [2.24, 2.45) is 0 Å². The van der Waals surface area contributed by atoms with E-state index in [2.05, 4.69) is 0 Å². The molecule has 0 fully saturated rings. The molecule has 0 aromatic heterocycles. The Morgan fingerprint density at radius 2 is 1.67 bits per heavy atom. The maximum atomic E-state index is 12.3. The largest absolute Gasteiger partial charge is 0.299 e. The summed E-state index contributed by atoms with van der Waals surface area (Å²) in [7, 11) is 0. The Morgan fingerprint density at radius 1 is 1.00 bits per heavy atom. The lowest BCUT2D eigenvalue weighted by Gasteiger charge is -2.13. The summed E-state index contributed by atoms with van der Waals surface area (Å²) in [6, 6.07) is 14.0. The van der Waals surface area contributed by atoms with Gasteiger partial charge in [-0.2, -0.15) is 0 Å². The lowest BCUT2D eigenvalue weighted by atomic mass is 9.89. The van der Waals surface area contributed by atoms with Gasteiger partial charge in [0.05, 0.1) is 10.0 Å². The quantitative estimate of drug-likeness (QED) is 0.731. The highest BCUT2D eigenvalue weighted by molar-refractivity contribution is 6.42. The van der Waals surface area contributed by atoms with Gasteiger partial charge in [0, 0.05) is 17.9 Å². The zero-order chi connectivity index (χ0) is 15.4. The molecule has 2 rings (SSSR count). The van der Waals surface area contributed by atoms with Crippen LogP contribution in [0.3, 0.4) is 0 Å². The fourth-order valence-electron chi connectivity index (χ4n) is 2.15. The molecule has 2 aromatic rings. The Hall–Kier alpha value is -1.64. The Labute approximate surface area is 133 Å². The average Bonchev–Trinajstić information content (AvgIpc) is 2.48. The summed E-state index contributed by atoms with van der Waals surface area (Å²) in [5.74, 6) is -0.597. The Bertz CT molecular complexity index is 666. The van der Waals surface area contributed by atoms with Crippen LogP contribution in [0, 0.1) is 0 Å². The molecule has 2 aromatic carbocycles. The van der Waals surface area contributed by atoms with Crippen LogP contribution in [0.5, 0.6) is 0 Å². The van der Waals surface area contributed by atoms with Crippen LogP contribution >= 0.6 is 23.2 Å². The lowest BCUT2D eigenvalue weighted by Crippen LogP contribution is -2.14. The number of hydrogen-bond donors (Lipinski definition) is 0. The zero-order valence-electron chi connectivity index (χ0n) is 11.5. The van der Waals surface area contributed by atoms with E-state index in [-0.39, 0.29) is 18.0 Å². The molecule has 0 amide bonds. The van der Waals surface area contributed by atoms with Gasteiger partial charge in [0.25, 0.3) is 0 Å². The monoisotopic (exact) mass is 320 g/mol. The smallest absolute Gasteiger partial charge is 0.163 e. The molecule has 1 unspecified atom stereocenters. The molecule has 0 aliphatic heterocycles. The first-order valence-electron chi connectivity index (χ1n) is 6.52. The summed E-state index contributed by atoms with van der Waals surface area (Å²) in [6.45, 7) is 1.50. The molecule has 0 bridgehead atoms. The average molecular weight is 321 g/mol. The second kappa shape index (κ2) is 6.88. The highest BCUT2D eigenvalue weighted by Crippen LogP contribution is 2.26. The number of carbonyl (C=O) groups excluding carboxylic acids is 2. The van der Waals surface area contributed by atoms with Gasteiger partial charge in [-0.25, -0.2) is 0 Å². The van der Waals surface area contributed by atoms with Gasteiger partial charge < -0.3 is 0 Å². The molecule has 0 aliphatic carbocycles. The number of benzene rings is 2. The highest BCUT2D eigenvalue weighted by Gasteiger charge is 2.21. The van der Waals surface area contributed by atoms with E-state index < -0.39 is 5.92 Å². The summed E-state index contributed by atoms with van der Waals surface area (Å²) in [5.41, 5.74) is 1.31. The van der Waals surface area contributed by atoms with Crippen molar-refractivity contribution in [2.45, 2.75) is 19.3 Å². The van der Waals surface area contributed by atoms with Crippen LogP contribution in [0.4, 0.5) is 0 Å². The number of hydrogen-bond acceptors (Lipinski definition) is 2. The van der Waals surface area contributed by atoms with Gasteiger partial charge >= 0.3 is 0 Å². The third kappa shape index (κ3) is 3.93. The van der Waals surface area contributed by atoms with Gasteiger partial charge in [-0.3, -0.25) is 9.59 Å². The van der Waals surface area contributed by atoms with E-state index in [1.54, 1.807) is 12.1 Å². The lowest BCUT2D eigenvalue weighted by molar-refractivity contribution is -0.118. The van der Waals surface area contributed by atoms with Crippen molar-refractivity contribution in [2.75, 3.05) is 0 Å². The van der Waals surface area contributed by atoms with Crippen molar-refractivity contribution in [3.8, 4) is 0 Å². The predicted octanol–water partition coefficient (Wildman–Crippen LogP) is 4.94. The number of ketones is 2. The minimum absolute atomic E-state index is 0.0328. The topological polar surface area (TPSA) is 34.1 Å². The maximum absolute atomic E-state index is 12.3. The Morgan fingerprint density at radius 3 is 2.24 bits per heavy atom. The molecule has 0 spiro atoms. The normalized spacial score (nSPS) is 12.0. The molecule has 4 heteroatoms. The van der Waals surface area contributed by atoms with Crippen LogP contribution in [0.15, 0.2) is 48.5 Å². The van der Waals surface area contributed by atoms with Crippen molar-refractivity contribution in [1.29, 1.82) is 0 Å². The first kappa shape index (κ1) is 15.7. The number of carbonyl (C=O) groups is 2. The second-order valence-electron chi connectivity index (χ2n) is 4.83. The molecule has 1 atom stereocenters. The molecule has 0 heterocycles. The number of rotatable bonds is 5. The molecular weight excluding hydrogens is 307 g/mol. The molecule has 0 saturated carbocycles. The summed E-state index contributed by atoms with van der Waals surface area (Å²) < 4.78 is 0. The van der Waals surface area contributed by atoms with E-state index in [0.717, 1.165) is 5.56 Å². The fourth-order valence-corrected chi connectivity index (χ4v) is 2.45. The molecule has 0 saturated heterocycles. The van der Waals surface area contributed by atoms with E-state index in [1.165, 1.54) is 13.0 Å². The summed E-state index contributed by atoms with van der Waals surface area (Å²) in [4.78, 5) is 24.2. The van der Waals surface area contributed by atoms with Gasteiger partial charge in [0.2, 0.25) is 0 Å². The number of halogens is 2. The fraction of sp³-hybridized carbons (Fsp3) is 0.176. The van der Waals surface area contributed by atoms with Gasteiger partial charge in [-0.05, 0) is 30.7 Å². The maximum Gasteiger partial charge on any atom is 0.163 e. The van der Waals surface area contributed by atoms with E-state index in [4.69, 9.17) is 23.2 Å². The SMILES string of the molecule is CC(=O)C(CC(=O)c1ccc(Cl)c(Cl)c1)c1ccccc1. The summed E-state index contributed by atoms with van der Waals surface area (Å²) >= 11 is 11.8. The molecule has 108 valence electrons. The van der Waals surface area contributed by atoms with Crippen LogP contribution in [0.25, 0.3) is 0 Å². The second-order valence-corrected chi connectivity index (χ2v) is 5.64. The molecule has 0 radical (unpaired) electrons. The van der Waals surface area contributed by atoms with Crippen molar-refractivity contribution in [3.05, 3.63) is 69.7 Å². The van der Waals surface area contributed by atoms with Crippen molar-refractivity contribution >= 4 is 34.8 Å². The van der Waals surface area contributed by atoms with Gasteiger partial charge in [0.1, 0.15) is 5.78 Å². The zero-order valence-corrected chi connectivity index (χ0v) is 13.0. The molecule has 0 aliphatic rings. The molecule has 0 N–H and O–H groups in total. The summed E-state index contributed by atoms with van der Waals surface area (Å²) in [6.07, 6.45) is 0.122. The highest BCUT2D eigenvalue weighted by atomic mass is 35.5. The van der Waals surface area contributed by atoms with Crippen LogP contribution in [-0.4, -0.2) is 11.6 Å². The van der Waals surface area contributed by atoms with Gasteiger partial charge in [-0.15, -0.1) is 0 Å². The third-order valence-electron chi connectivity index (χ3n) is 3.32. The van der Waals surface area contributed by atoms with Crippen molar-refractivity contribution in [3.63, 3.8) is 0 Å². The van der Waals surface area contributed by atoms with Gasteiger partial charge in [0.15, 0.2) is 5.78 Å². The Balaban J connectivity index is 2.23. The number of Topliss-reactive ketones (excluding diaryl/α,β-unsaturated/α-hetero) is 2. The van der Waals surface area contributed by atoms with Crippen molar-refractivity contribution in [1.82, 2.24) is 0 Å². The minimum atomic E-state index is -0.437. The Kier molecular flexibility index (Phi) is 5.16. The molecular formula is C17H14Cl2O2. The van der Waals surface area contributed by atoms with E-state index >= 15 is 0 Å². The first-order chi connectivity index (χ1) is 9.99. The van der Waals surface area contributed by atoms with Crippen molar-refractivity contribution < 1.29 is 9.59 Å². The molecule has 2 nitrogen and oxygen atoms in total.